The molecule has 0 spiro atoms. The van der Waals surface area contributed by atoms with Gasteiger partial charge in [-0.25, -0.2) is 0 Å². The highest BCUT2D eigenvalue weighted by molar-refractivity contribution is 14.1. The number of hydrogen-bond acceptors (Lipinski definition) is 3. The first-order valence-corrected chi connectivity index (χ1v) is 8.11. The van der Waals surface area contributed by atoms with Crippen LogP contribution >= 0.6 is 22.6 Å². The Morgan fingerprint density at radius 3 is 2.41 bits per heavy atom. The Balaban J connectivity index is 1.77. The van der Waals surface area contributed by atoms with Crippen LogP contribution in [0.25, 0.3) is 0 Å². The summed E-state index contributed by atoms with van der Waals surface area (Å²) in [5.74, 6) is 0.688. The van der Waals surface area contributed by atoms with Gasteiger partial charge in [-0.3, -0.25) is 9.69 Å². The predicted molar refractivity (Wildman–Crippen MR) is 77.5 cm³/mol. The Hall–Kier alpha value is 0.120. The monoisotopic (exact) mass is 351 g/mol. The number of hydrogen-bond donors (Lipinski definition) is 1. The van der Waals surface area contributed by atoms with Crippen molar-refractivity contribution >= 4 is 28.5 Å². The van der Waals surface area contributed by atoms with Gasteiger partial charge < -0.3 is 10.2 Å². The van der Waals surface area contributed by atoms with Crippen LogP contribution in [0.4, 0.5) is 0 Å². The van der Waals surface area contributed by atoms with Crippen molar-refractivity contribution in [1.29, 1.82) is 0 Å². The van der Waals surface area contributed by atoms with Crippen molar-refractivity contribution in [2.75, 3.05) is 50.2 Å². The lowest BCUT2D eigenvalue weighted by Gasteiger charge is -2.37. The molecule has 2 aliphatic heterocycles. The third-order valence-electron chi connectivity index (χ3n) is 3.77. The average Bonchev–Trinajstić information content (AvgIpc) is 2.40. The quantitative estimate of drug-likeness (QED) is 0.597. The Kier molecular flexibility index (Phi) is 5.49. The van der Waals surface area contributed by atoms with Gasteiger partial charge in [0, 0.05) is 43.1 Å². The van der Waals surface area contributed by atoms with E-state index in [1.54, 1.807) is 0 Å². The third kappa shape index (κ3) is 3.79. The molecule has 2 saturated heterocycles. The third-order valence-corrected chi connectivity index (χ3v) is 4.26. The topological polar surface area (TPSA) is 35.6 Å². The van der Waals surface area contributed by atoms with Gasteiger partial charge in [0.25, 0.3) is 0 Å². The number of halogens is 1. The van der Waals surface area contributed by atoms with E-state index >= 15 is 0 Å². The Bertz CT molecular complexity index is 248. The fraction of sp³-hybridized carbons (Fsp3) is 0.917. The summed E-state index contributed by atoms with van der Waals surface area (Å²) in [5, 5.41) is 3.32. The molecule has 2 heterocycles. The Labute approximate surface area is 117 Å². The minimum absolute atomic E-state index is 0.285. The second-order valence-corrected chi connectivity index (χ2v) is 5.96. The van der Waals surface area contributed by atoms with E-state index in [1.807, 2.05) is 0 Å². The number of piperidine rings is 1. The van der Waals surface area contributed by atoms with E-state index in [0.29, 0.717) is 5.91 Å². The molecule has 1 N–H and O–H groups in total. The molecule has 0 atom stereocenters. The van der Waals surface area contributed by atoms with E-state index in [9.17, 15) is 4.79 Å². The molecule has 0 unspecified atom stereocenters. The second kappa shape index (κ2) is 6.89. The fourth-order valence-corrected chi connectivity index (χ4v) is 3.32. The van der Waals surface area contributed by atoms with Gasteiger partial charge in [-0.1, -0.05) is 22.6 Å². The first-order chi connectivity index (χ1) is 8.31. The molecule has 0 aromatic rings. The van der Waals surface area contributed by atoms with Gasteiger partial charge >= 0.3 is 0 Å². The van der Waals surface area contributed by atoms with Crippen molar-refractivity contribution in [2.24, 2.45) is 5.92 Å². The van der Waals surface area contributed by atoms with Crippen LogP contribution in [0.3, 0.4) is 0 Å². The Morgan fingerprint density at radius 2 is 1.82 bits per heavy atom. The van der Waals surface area contributed by atoms with Crippen LogP contribution < -0.4 is 5.32 Å². The van der Waals surface area contributed by atoms with E-state index in [1.165, 1.54) is 4.43 Å². The molecule has 0 aliphatic carbocycles. The number of rotatable bonds is 3. The van der Waals surface area contributed by atoms with Gasteiger partial charge in [-0.15, -0.1) is 0 Å². The summed E-state index contributed by atoms with van der Waals surface area (Å²) >= 11 is 2.41. The van der Waals surface area contributed by atoms with E-state index in [-0.39, 0.29) is 5.92 Å². The van der Waals surface area contributed by atoms with Crippen molar-refractivity contribution in [2.45, 2.75) is 12.8 Å². The van der Waals surface area contributed by atoms with Crippen LogP contribution in [0.15, 0.2) is 0 Å². The highest BCUT2D eigenvalue weighted by Gasteiger charge is 2.27. The zero-order valence-electron chi connectivity index (χ0n) is 10.3. The maximum absolute atomic E-state index is 12.3. The molecule has 2 rings (SSSR count). The number of nitrogens with zero attached hydrogens (tertiary/aromatic N) is 2. The molecule has 17 heavy (non-hydrogen) atoms. The maximum Gasteiger partial charge on any atom is 0.225 e. The molecule has 0 aromatic heterocycles. The van der Waals surface area contributed by atoms with Gasteiger partial charge in [0.15, 0.2) is 0 Å². The van der Waals surface area contributed by atoms with E-state index in [2.05, 4.69) is 37.7 Å². The number of carbonyl (C=O) groups excluding carboxylic acids is 1. The summed E-state index contributed by atoms with van der Waals surface area (Å²) in [6, 6.07) is 0. The molecule has 0 aromatic carbocycles. The summed E-state index contributed by atoms with van der Waals surface area (Å²) in [6.45, 7) is 7.14. The molecule has 4 nitrogen and oxygen atoms in total. The fourth-order valence-electron chi connectivity index (χ4n) is 2.64. The summed E-state index contributed by atoms with van der Waals surface area (Å²) in [7, 11) is 0. The van der Waals surface area contributed by atoms with Crippen LogP contribution in [0, 0.1) is 5.92 Å². The van der Waals surface area contributed by atoms with Gasteiger partial charge in [-0.05, 0) is 25.9 Å². The first kappa shape index (κ1) is 13.5. The van der Waals surface area contributed by atoms with Gasteiger partial charge in [0.05, 0.1) is 0 Å². The lowest BCUT2D eigenvalue weighted by atomic mass is 9.96. The van der Waals surface area contributed by atoms with Crippen LogP contribution in [0.5, 0.6) is 0 Å². The Morgan fingerprint density at radius 1 is 1.18 bits per heavy atom. The smallest absolute Gasteiger partial charge is 0.225 e. The minimum atomic E-state index is 0.285. The molecule has 1 amide bonds. The molecule has 0 radical (unpaired) electrons. The molecule has 2 aliphatic rings. The number of amides is 1. The van der Waals surface area contributed by atoms with Crippen LogP contribution in [-0.2, 0) is 4.79 Å². The molecule has 2 fully saturated rings. The van der Waals surface area contributed by atoms with Crippen molar-refractivity contribution in [3.63, 3.8) is 0 Å². The normalized spacial score (nSPS) is 23.9. The molecule has 0 saturated carbocycles. The van der Waals surface area contributed by atoms with E-state index < -0.39 is 0 Å². The number of alkyl halides is 1. The van der Waals surface area contributed by atoms with Crippen LogP contribution in [-0.4, -0.2) is 65.9 Å². The average molecular weight is 351 g/mol. The van der Waals surface area contributed by atoms with E-state index in [4.69, 9.17) is 0 Å². The van der Waals surface area contributed by atoms with Crippen molar-refractivity contribution in [3.8, 4) is 0 Å². The highest BCUT2D eigenvalue weighted by Crippen LogP contribution is 2.16. The summed E-state index contributed by atoms with van der Waals surface area (Å²) < 4.78 is 1.18. The lowest BCUT2D eigenvalue weighted by Crippen LogP contribution is -2.51. The standard InChI is InChI=1S/C12H22IN3O/c13-3-6-15-7-9-16(10-8-15)12(17)11-1-4-14-5-2-11/h11,14H,1-10H2. The van der Waals surface area contributed by atoms with Crippen LogP contribution in [0.1, 0.15) is 12.8 Å². The van der Waals surface area contributed by atoms with Crippen molar-refractivity contribution < 1.29 is 4.79 Å². The van der Waals surface area contributed by atoms with Gasteiger partial charge in [0.1, 0.15) is 0 Å². The van der Waals surface area contributed by atoms with Gasteiger partial charge in [-0.2, -0.15) is 0 Å². The molecule has 5 heteroatoms. The summed E-state index contributed by atoms with van der Waals surface area (Å²) in [5.41, 5.74) is 0. The molecule has 98 valence electrons. The number of nitrogens with one attached hydrogen (secondary N) is 1. The minimum Gasteiger partial charge on any atom is -0.340 e. The SMILES string of the molecule is O=C(C1CCNCC1)N1CCN(CCI)CC1. The zero-order chi connectivity index (χ0) is 12.1. The second-order valence-electron chi connectivity index (χ2n) is 4.88. The molecule has 0 bridgehead atoms. The molecular weight excluding hydrogens is 329 g/mol. The van der Waals surface area contributed by atoms with Crippen molar-refractivity contribution in [1.82, 2.24) is 15.1 Å². The largest absolute Gasteiger partial charge is 0.340 e. The number of carbonyl (C=O) groups is 1. The highest BCUT2D eigenvalue weighted by atomic mass is 127. The summed E-state index contributed by atoms with van der Waals surface area (Å²) in [4.78, 5) is 16.8. The number of piperazine rings is 1. The maximum atomic E-state index is 12.3. The predicted octanol–water partition coefficient (Wildman–Crippen LogP) is 0.565. The summed E-state index contributed by atoms with van der Waals surface area (Å²) in [6.07, 6.45) is 2.04. The molecular formula is C12H22IN3O. The van der Waals surface area contributed by atoms with Crippen LogP contribution in [0.2, 0.25) is 0 Å². The first-order valence-electron chi connectivity index (χ1n) is 6.59. The van der Waals surface area contributed by atoms with E-state index in [0.717, 1.165) is 58.7 Å². The lowest BCUT2D eigenvalue weighted by molar-refractivity contribution is -0.138. The van der Waals surface area contributed by atoms with Crippen molar-refractivity contribution in [3.05, 3.63) is 0 Å². The zero-order valence-corrected chi connectivity index (χ0v) is 12.5. The van der Waals surface area contributed by atoms with Gasteiger partial charge in [0.2, 0.25) is 5.91 Å².